The van der Waals surface area contributed by atoms with E-state index in [-0.39, 0.29) is 17.9 Å². The van der Waals surface area contributed by atoms with Crippen LogP contribution in [0.4, 0.5) is 5.69 Å². The van der Waals surface area contributed by atoms with Crippen molar-refractivity contribution in [1.29, 1.82) is 0 Å². The van der Waals surface area contributed by atoms with E-state index in [1.54, 1.807) is 47.2 Å². The number of rotatable bonds is 4. The van der Waals surface area contributed by atoms with Gasteiger partial charge in [0.2, 0.25) is 5.91 Å². The van der Waals surface area contributed by atoms with Crippen molar-refractivity contribution < 1.29 is 14.3 Å². The van der Waals surface area contributed by atoms with Crippen LogP contribution < -0.4 is 10.7 Å². The molecule has 1 amide bonds. The minimum atomic E-state index is -0.436. The first-order chi connectivity index (χ1) is 12.5. The van der Waals surface area contributed by atoms with Gasteiger partial charge >= 0.3 is 5.97 Å². The number of carbonyl (C=O) groups excluding carboxylic acids is 2. The van der Waals surface area contributed by atoms with Crippen molar-refractivity contribution in [2.45, 2.75) is 6.54 Å². The van der Waals surface area contributed by atoms with Crippen molar-refractivity contribution in [1.82, 2.24) is 4.57 Å². The lowest BCUT2D eigenvalue weighted by Crippen LogP contribution is -2.20. The summed E-state index contributed by atoms with van der Waals surface area (Å²) in [6.45, 7) is 0.0527. The van der Waals surface area contributed by atoms with Gasteiger partial charge in [0.1, 0.15) is 6.54 Å². The number of pyridine rings is 1. The highest BCUT2D eigenvalue weighted by molar-refractivity contribution is 9.10. The van der Waals surface area contributed by atoms with Crippen LogP contribution in [0, 0.1) is 0 Å². The number of nitrogens with one attached hydrogen (secondary N) is 1. The first kappa shape index (κ1) is 17.9. The Morgan fingerprint density at radius 1 is 1.12 bits per heavy atom. The Kier molecular flexibility index (Phi) is 5.18. The van der Waals surface area contributed by atoms with E-state index in [0.29, 0.717) is 22.2 Å². The molecular formula is C19H15BrN2O4. The molecule has 0 radical (unpaired) electrons. The standard InChI is InChI=1S/C19H15BrN2O4/c1-26-19(25)12-2-5-14(6-3-12)21-18(24)11-22-9-8-17(23)15-10-13(20)4-7-16(15)22/h2-10H,11H2,1H3,(H,21,24). The fourth-order valence-electron chi connectivity index (χ4n) is 2.58. The molecule has 0 spiro atoms. The normalized spacial score (nSPS) is 10.5. The summed E-state index contributed by atoms with van der Waals surface area (Å²) in [6.07, 6.45) is 1.60. The first-order valence-corrected chi connectivity index (χ1v) is 8.54. The monoisotopic (exact) mass is 414 g/mol. The van der Waals surface area contributed by atoms with Gasteiger partial charge in [0.05, 0.1) is 18.2 Å². The Bertz CT molecular complexity index is 1040. The minimum absolute atomic E-state index is 0.0527. The Labute approximate surface area is 157 Å². The molecule has 3 rings (SSSR count). The lowest BCUT2D eigenvalue weighted by atomic mass is 10.2. The average molecular weight is 415 g/mol. The highest BCUT2D eigenvalue weighted by atomic mass is 79.9. The zero-order chi connectivity index (χ0) is 18.7. The number of hydrogen-bond acceptors (Lipinski definition) is 4. The number of esters is 1. The third-order valence-corrected chi connectivity index (χ3v) is 4.34. The van der Waals surface area contributed by atoms with Crippen LogP contribution in [0.3, 0.4) is 0 Å². The number of nitrogens with zero attached hydrogens (tertiary/aromatic N) is 1. The summed E-state index contributed by atoms with van der Waals surface area (Å²) >= 11 is 3.35. The predicted octanol–water partition coefficient (Wildman–Crippen LogP) is 3.19. The summed E-state index contributed by atoms with van der Waals surface area (Å²) in [7, 11) is 1.31. The quantitative estimate of drug-likeness (QED) is 0.664. The second-order valence-corrected chi connectivity index (χ2v) is 6.50. The van der Waals surface area contributed by atoms with Crippen molar-refractivity contribution in [3.05, 3.63) is 75.0 Å². The van der Waals surface area contributed by atoms with Gasteiger partial charge in [0.25, 0.3) is 0 Å². The number of benzene rings is 2. The molecule has 0 atom stereocenters. The van der Waals surface area contributed by atoms with Gasteiger partial charge in [0.15, 0.2) is 5.43 Å². The zero-order valence-corrected chi connectivity index (χ0v) is 15.4. The van der Waals surface area contributed by atoms with Gasteiger partial charge in [-0.2, -0.15) is 0 Å². The third-order valence-electron chi connectivity index (χ3n) is 3.84. The Hall–Kier alpha value is -2.93. The highest BCUT2D eigenvalue weighted by Gasteiger charge is 2.09. The fraction of sp³-hybridized carbons (Fsp3) is 0.105. The van der Waals surface area contributed by atoms with Gasteiger partial charge in [-0.1, -0.05) is 15.9 Å². The number of fused-ring (bicyclic) bond motifs is 1. The molecule has 0 unspecified atom stereocenters. The molecule has 1 heterocycles. The molecule has 132 valence electrons. The van der Waals surface area contributed by atoms with Crippen LogP contribution in [-0.2, 0) is 16.1 Å². The molecule has 0 saturated carbocycles. The topological polar surface area (TPSA) is 77.4 Å². The van der Waals surface area contributed by atoms with E-state index in [9.17, 15) is 14.4 Å². The molecule has 1 aromatic heterocycles. The summed E-state index contributed by atoms with van der Waals surface area (Å²) < 4.78 is 7.15. The summed E-state index contributed by atoms with van der Waals surface area (Å²) in [6, 6.07) is 13.2. The van der Waals surface area contributed by atoms with Crippen LogP contribution in [0.5, 0.6) is 0 Å². The van der Waals surface area contributed by atoms with E-state index < -0.39 is 5.97 Å². The smallest absolute Gasteiger partial charge is 0.337 e. The highest BCUT2D eigenvalue weighted by Crippen LogP contribution is 2.17. The molecular weight excluding hydrogens is 400 g/mol. The SMILES string of the molecule is COC(=O)c1ccc(NC(=O)Cn2ccc(=O)c3cc(Br)ccc32)cc1. The molecule has 0 bridgehead atoms. The Balaban J connectivity index is 1.78. The van der Waals surface area contributed by atoms with Crippen LogP contribution in [0.1, 0.15) is 10.4 Å². The Morgan fingerprint density at radius 2 is 1.85 bits per heavy atom. The van der Waals surface area contributed by atoms with Crippen molar-refractivity contribution in [2.24, 2.45) is 0 Å². The lowest BCUT2D eigenvalue weighted by Gasteiger charge is -2.11. The molecule has 2 aromatic carbocycles. The van der Waals surface area contributed by atoms with E-state index in [1.807, 2.05) is 6.07 Å². The number of ether oxygens (including phenoxy) is 1. The second kappa shape index (κ2) is 7.53. The molecule has 0 aliphatic rings. The van der Waals surface area contributed by atoms with E-state index in [0.717, 1.165) is 4.47 Å². The zero-order valence-electron chi connectivity index (χ0n) is 13.9. The Morgan fingerprint density at radius 3 is 2.54 bits per heavy atom. The fourth-order valence-corrected chi connectivity index (χ4v) is 2.95. The van der Waals surface area contributed by atoms with Crippen LogP contribution in [0.15, 0.2) is 64.0 Å². The van der Waals surface area contributed by atoms with Gasteiger partial charge in [-0.05, 0) is 42.5 Å². The van der Waals surface area contributed by atoms with Gasteiger partial charge in [-0.3, -0.25) is 9.59 Å². The largest absolute Gasteiger partial charge is 0.465 e. The maximum Gasteiger partial charge on any atom is 0.337 e. The second-order valence-electron chi connectivity index (χ2n) is 5.59. The number of amides is 1. The lowest BCUT2D eigenvalue weighted by molar-refractivity contribution is -0.116. The molecule has 7 heteroatoms. The molecule has 6 nitrogen and oxygen atoms in total. The van der Waals surface area contributed by atoms with Gasteiger partial charge in [-0.15, -0.1) is 0 Å². The third kappa shape index (κ3) is 3.83. The molecule has 3 aromatic rings. The van der Waals surface area contributed by atoms with Gasteiger partial charge in [0, 0.05) is 27.8 Å². The van der Waals surface area contributed by atoms with E-state index >= 15 is 0 Å². The molecule has 26 heavy (non-hydrogen) atoms. The number of carbonyl (C=O) groups is 2. The molecule has 0 aliphatic carbocycles. The van der Waals surface area contributed by atoms with E-state index in [1.165, 1.54) is 13.2 Å². The summed E-state index contributed by atoms with van der Waals surface area (Å²) in [5, 5.41) is 3.30. The van der Waals surface area contributed by atoms with Crippen molar-refractivity contribution >= 4 is 44.4 Å². The van der Waals surface area contributed by atoms with Crippen LogP contribution >= 0.6 is 15.9 Å². The number of aromatic nitrogens is 1. The number of methoxy groups -OCH3 is 1. The first-order valence-electron chi connectivity index (χ1n) is 7.75. The average Bonchev–Trinajstić information content (AvgIpc) is 2.64. The van der Waals surface area contributed by atoms with Crippen molar-refractivity contribution in [3.8, 4) is 0 Å². The summed E-state index contributed by atoms with van der Waals surface area (Å²) in [4.78, 5) is 35.8. The van der Waals surface area contributed by atoms with Crippen LogP contribution in [0.25, 0.3) is 10.9 Å². The van der Waals surface area contributed by atoms with Crippen LogP contribution in [-0.4, -0.2) is 23.6 Å². The molecule has 0 aliphatic heterocycles. The van der Waals surface area contributed by atoms with Crippen LogP contribution in [0.2, 0.25) is 0 Å². The maximum absolute atomic E-state index is 12.3. The van der Waals surface area contributed by atoms with Crippen molar-refractivity contribution in [3.63, 3.8) is 0 Å². The van der Waals surface area contributed by atoms with E-state index in [2.05, 4.69) is 26.0 Å². The number of anilines is 1. The summed E-state index contributed by atoms with van der Waals surface area (Å²) in [5.41, 5.74) is 1.55. The maximum atomic E-state index is 12.3. The number of halogens is 1. The van der Waals surface area contributed by atoms with E-state index in [4.69, 9.17) is 0 Å². The number of hydrogen-bond donors (Lipinski definition) is 1. The molecule has 0 fully saturated rings. The molecule has 1 N–H and O–H groups in total. The summed E-state index contributed by atoms with van der Waals surface area (Å²) in [5.74, 6) is -0.683. The van der Waals surface area contributed by atoms with Gasteiger partial charge in [-0.25, -0.2) is 4.79 Å². The van der Waals surface area contributed by atoms with Crippen molar-refractivity contribution in [2.75, 3.05) is 12.4 Å². The molecule has 0 saturated heterocycles. The predicted molar refractivity (Wildman–Crippen MR) is 102 cm³/mol. The van der Waals surface area contributed by atoms with Gasteiger partial charge < -0.3 is 14.6 Å². The minimum Gasteiger partial charge on any atom is -0.465 e.